The SMILES string of the molecule is COc1cncc(C(=O)CC2CCCCC2)c1. The maximum absolute atomic E-state index is 12.1. The van der Waals surface area contributed by atoms with Gasteiger partial charge in [0.25, 0.3) is 0 Å². The third-order valence-corrected chi connectivity index (χ3v) is 3.47. The first-order chi connectivity index (χ1) is 8.29. The van der Waals surface area contributed by atoms with E-state index in [4.69, 9.17) is 4.74 Å². The van der Waals surface area contributed by atoms with E-state index in [1.165, 1.54) is 32.1 Å². The van der Waals surface area contributed by atoms with E-state index in [0.717, 1.165) is 0 Å². The molecule has 0 aliphatic heterocycles. The summed E-state index contributed by atoms with van der Waals surface area (Å²) < 4.78 is 5.08. The number of ketones is 1. The minimum Gasteiger partial charge on any atom is -0.495 e. The highest BCUT2D eigenvalue weighted by molar-refractivity contribution is 5.96. The van der Waals surface area contributed by atoms with E-state index in [2.05, 4.69) is 4.98 Å². The summed E-state index contributed by atoms with van der Waals surface area (Å²) in [7, 11) is 1.59. The van der Waals surface area contributed by atoms with Gasteiger partial charge in [0, 0.05) is 18.2 Å². The zero-order chi connectivity index (χ0) is 12.1. The number of hydrogen-bond acceptors (Lipinski definition) is 3. The van der Waals surface area contributed by atoms with E-state index in [1.807, 2.05) is 0 Å². The zero-order valence-electron chi connectivity index (χ0n) is 10.3. The van der Waals surface area contributed by atoms with Crippen LogP contribution in [0.15, 0.2) is 18.5 Å². The molecular weight excluding hydrogens is 214 g/mol. The molecule has 92 valence electrons. The van der Waals surface area contributed by atoms with Crippen LogP contribution in [-0.2, 0) is 0 Å². The van der Waals surface area contributed by atoms with Crippen LogP contribution in [0, 0.1) is 5.92 Å². The van der Waals surface area contributed by atoms with Gasteiger partial charge in [-0.2, -0.15) is 0 Å². The van der Waals surface area contributed by atoms with Crippen LogP contribution in [0.5, 0.6) is 5.75 Å². The molecule has 0 unspecified atom stereocenters. The van der Waals surface area contributed by atoms with Gasteiger partial charge in [-0.1, -0.05) is 32.1 Å². The molecule has 0 aromatic carbocycles. The van der Waals surface area contributed by atoms with Gasteiger partial charge >= 0.3 is 0 Å². The van der Waals surface area contributed by atoms with Crippen LogP contribution in [0.25, 0.3) is 0 Å². The fourth-order valence-electron chi connectivity index (χ4n) is 2.45. The first-order valence-electron chi connectivity index (χ1n) is 6.32. The van der Waals surface area contributed by atoms with Crippen LogP contribution in [0.3, 0.4) is 0 Å². The Bertz CT molecular complexity index is 384. The van der Waals surface area contributed by atoms with E-state index < -0.39 is 0 Å². The third kappa shape index (κ3) is 3.29. The Balaban J connectivity index is 1.98. The Morgan fingerprint density at radius 1 is 1.35 bits per heavy atom. The Kier molecular flexibility index (Phi) is 4.13. The average molecular weight is 233 g/mol. The minimum atomic E-state index is 0.198. The van der Waals surface area contributed by atoms with Crippen molar-refractivity contribution in [1.29, 1.82) is 0 Å². The molecule has 3 nitrogen and oxygen atoms in total. The second kappa shape index (κ2) is 5.80. The van der Waals surface area contributed by atoms with Gasteiger partial charge in [0.15, 0.2) is 5.78 Å². The van der Waals surface area contributed by atoms with Gasteiger partial charge in [-0.15, -0.1) is 0 Å². The van der Waals surface area contributed by atoms with Crippen molar-refractivity contribution in [3.8, 4) is 5.75 Å². The van der Waals surface area contributed by atoms with Gasteiger partial charge in [0.2, 0.25) is 0 Å². The van der Waals surface area contributed by atoms with Crippen molar-refractivity contribution in [2.24, 2.45) is 5.92 Å². The van der Waals surface area contributed by atoms with Gasteiger partial charge in [0.1, 0.15) is 5.75 Å². The summed E-state index contributed by atoms with van der Waals surface area (Å²) in [4.78, 5) is 16.1. The summed E-state index contributed by atoms with van der Waals surface area (Å²) in [6.45, 7) is 0. The number of carbonyl (C=O) groups excluding carboxylic acids is 1. The van der Waals surface area contributed by atoms with Crippen molar-refractivity contribution in [2.45, 2.75) is 38.5 Å². The fraction of sp³-hybridized carbons (Fsp3) is 0.571. The van der Waals surface area contributed by atoms with E-state index in [0.29, 0.717) is 23.7 Å². The van der Waals surface area contributed by atoms with Crippen LogP contribution < -0.4 is 4.74 Å². The lowest BCUT2D eigenvalue weighted by Crippen LogP contribution is -2.12. The Labute approximate surface area is 102 Å². The summed E-state index contributed by atoms with van der Waals surface area (Å²) in [6.07, 6.45) is 10.2. The normalized spacial score (nSPS) is 16.8. The second-order valence-corrected chi connectivity index (χ2v) is 4.74. The van der Waals surface area contributed by atoms with Crippen LogP contribution in [0.4, 0.5) is 0 Å². The van der Waals surface area contributed by atoms with Crippen molar-refractivity contribution in [1.82, 2.24) is 4.98 Å². The van der Waals surface area contributed by atoms with Gasteiger partial charge in [0.05, 0.1) is 13.3 Å². The zero-order valence-corrected chi connectivity index (χ0v) is 10.3. The van der Waals surface area contributed by atoms with E-state index in [1.54, 1.807) is 25.6 Å². The number of ether oxygens (including phenoxy) is 1. The van der Waals surface area contributed by atoms with Gasteiger partial charge in [-0.05, 0) is 12.0 Å². The standard InChI is InChI=1S/C14H19NO2/c1-17-13-8-12(9-15-10-13)14(16)7-11-5-3-2-4-6-11/h8-11H,2-7H2,1H3. The smallest absolute Gasteiger partial charge is 0.164 e. The molecule has 0 amide bonds. The monoisotopic (exact) mass is 233 g/mol. The maximum Gasteiger partial charge on any atom is 0.164 e. The number of nitrogens with zero attached hydrogens (tertiary/aromatic N) is 1. The van der Waals surface area contributed by atoms with Crippen LogP contribution in [0.2, 0.25) is 0 Å². The lowest BCUT2D eigenvalue weighted by atomic mass is 9.85. The lowest BCUT2D eigenvalue weighted by Gasteiger charge is -2.20. The first-order valence-corrected chi connectivity index (χ1v) is 6.32. The molecule has 1 heterocycles. The Morgan fingerprint density at radius 3 is 2.82 bits per heavy atom. The lowest BCUT2D eigenvalue weighted by molar-refractivity contribution is 0.0949. The fourth-order valence-corrected chi connectivity index (χ4v) is 2.45. The molecule has 3 heteroatoms. The van der Waals surface area contributed by atoms with Crippen LogP contribution in [0.1, 0.15) is 48.9 Å². The molecule has 0 saturated heterocycles. The quantitative estimate of drug-likeness (QED) is 0.749. The number of methoxy groups -OCH3 is 1. The van der Waals surface area contributed by atoms with Crippen molar-refractivity contribution >= 4 is 5.78 Å². The topological polar surface area (TPSA) is 39.2 Å². The molecule has 1 fully saturated rings. The van der Waals surface area contributed by atoms with Gasteiger partial charge in [-0.25, -0.2) is 0 Å². The molecule has 1 aromatic heterocycles. The summed E-state index contributed by atoms with van der Waals surface area (Å²) in [5.74, 6) is 1.42. The number of pyridine rings is 1. The summed E-state index contributed by atoms with van der Waals surface area (Å²) >= 11 is 0. The molecule has 1 aliphatic carbocycles. The Morgan fingerprint density at radius 2 is 2.12 bits per heavy atom. The van der Waals surface area contributed by atoms with E-state index in [-0.39, 0.29) is 5.78 Å². The molecule has 0 N–H and O–H groups in total. The molecular formula is C14H19NO2. The predicted molar refractivity (Wildman–Crippen MR) is 66.3 cm³/mol. The molecule has 1 aromatic rings. The highest BCUT2D eigenvalue weighted by Crippen LogP contribution is 2.27. The number of Topliss-reactive ketones (excluding diaryl/α,β-unsaturated/α-hetero) is 1. The third-order valence-electron chi connectivity index (χ3n) is 3.47. The predicted octanol–water partition coefficient (Wildman–Crippen LogP) is 3.24. The molecule has 17 heavy (non-hydrogen) atoms. The molecule has 0 bridgehead atoms. The first kappa shape index (κ1) is 12.1. The van der Waals surface area contributed by atoms with Crippen molar-refractivity contribution in [3.05, 3.63) is 24.0 Å². The van der Waals surface area contributed by atoms with Crippen LogP contribution in [-0.4, -0.2) is 17.9 Å². The molecule has 2 rings (SSSR count). The van der Waals surface area contributed by atoms with Crippen molar-refractivity contribution in [2.75, 3.05) is 7.11 Å². The molecule has 0 spiro atoms. The molecule has 0 radical (unpaired) electrons. The van der Waals surface area contributed by atoms with E-state index >= 15 is 0 Å². The summed E-state index contributed by atoms with van der Waals surface area (Å²) in [6, 6.07) is 1.78. The highest BCUT2D eigenvalue weighted by atomic mass is 16.5. The summed E-state index contributed by atoms with van der Waals surface area (Å²) in [5, 5.41) is 0. The number of rotatable bonds is 4. The minimum absolute atomic E-state index is 0.198. The molecule has 1 saturated carbocycles. The molecule has 0 atom stereocenters. The van der Waals surface area contributed by atoms with Gasteiger partial charge < -0.3 is 4.74 Å². The Hall–Kier alpha value is -1.38. The second-order valence-electron chi connectivity index (χ2n) is 4.74. The van der Waals surface area contributed by atoms with E-state index in [9.17, 15) is 4.79 Å². The number of aromatic nitrogens is 1. The van der Waals surface area contributed by atoms with Gasteiger partial charge in [-0.3, -0.25) is 9.78 Å². The number of hydrogen-bond donors (Lipinski definition) is 0. The highest BCUT2D eigenvalue weighted by Gasteiger charge is 2.18. The average Bonchev–Trinajstić information content (AvgIpc) is 2.40. The van der Waals surface area contributed by atoms with Crippen LogP contribution >= 0.6 is 0 Å². The van der Waals surface area contributed by atoms with Crippen molar-refractivity contribution < 1.29 is 9.53 Å². The largest absolute Gasteiger partial charge is 0.495 e. The molecule has 1 aliphatic rings. The summed E-state index contributed by atoms with van der Waals surface area (Å²) in [5.41, 5.74) is 0.676. The van der Waals surface area contributed by atoms with Crippen molar-refractivity contribution in [3.63, 3.8) is 0 Å². The number of carbonyl (C=O) groups is 1. The maximum atomic E-state index is 12.1.